The number of nitrogens with one attached hydrogen (secondary N) is 1. The number of rotatable bonds is 6. The van der Waals surface area contributed by atoms with E-state index in [-0.39, 0.29) is 5.69 Å². The van der Waals surface area contributed by atoms with E-state index in [1.807, 2.05) is 0 Å². The smallest absolute Gasteiger partial charge is 0.358 e. The lowest BCUT2D eigenvalue weighted by molar-refractivity contribution is 0.0685. The highest BCUT2D eigenvalue weighted by molar-refractivity contribution is 5.85. The van der Waals surface area contributed by atoms with Crippen LogP contribution in [0.5, 0.6) is 0 Å². The van der Waals surface area contributed by atoms with Gasteiger partial charge in [0.1, 0.15) is 0 Å². The van der Waals surface area contributed by atoms with Gasteiger partial charge in [0, 0.05) is 12.1 Å². The highest BCUT2D eigenvalue weighted by Crippen LogP contribution is 2.27. The second kappa shape index (κ2) is 6.70. The normalized spacial score (nSPS) is 23.4. The molecule has 5 heteroatoms. The van der Waals surface area contributed by atoms with Crippen molar-refractivity contribution in [1.29, 1.82) is 0 Å². The Morgan fingerprint density at radius 2 is 2.21 bits per heavy atom. The number of hydrogen-bond acceptors (Lipinski definition) is 4. The largest absolute Gasteiger partial charge is 0.476 e. The molecule has 0 bridgehead atoms. The fourth-order valence-electron chi connectivity index (χ4n) is 2.81. The predicted octanol–water partition coefficient (Wildman–Crippen LogP) is 2.82. The Bertz CT molecular complexity index is 409. The highest BCUT2D eigenvalue weighted by atomic mass is 16.5. The van der Waals surface area contributed by atoms with Crippen LogP contribution in [0.1, 0.15) is 61.7 Å². The Morgan fingerprint density at radius 1 is 1.47 bits per heavy atom. The van der Waals surface area contributed by atoms with Crippen molar-refractivity contribution in [2.45, 2.75) is 58.0 Å². The van der Waals surface area contributed by atoms with E-state index in [1.54, 1.807) is 0 Å². The van der Waals surface area contributed by atoms with Gasteiger partial charge in [0.05, 0.1) is 6.54 Å². The monoisotopic (exact) mass is 266 g/mol. The predicted molar refractivity (Wildman–Crippen MR) is 71.0 cm³/mol. The minimum atomic E-state index is -1.05. The topological polar surface area (TPSA) is 75.4 Å². The first-order chi connectivity index (χ1) is 9.19. The van der Waals surface area contributed by atoms with Crippen LogP contribution in [-0.4, -0.2) is 22.3 Å². The Kier molecular flexibility index (Phi) is 4.96. The number of carboxylic acid groups (broad SMARTS) is 1. The van der Waals surface area contributed by atoms with Crippen molar-refractivity contribution in [2.75, 3.05) is 0 Å². The first-order valence-electron chi connectivity index (χ1n) is 7.11. The lowest BCUT2D eigenvalue weighted by atomic mass is 9.83. The summed E-state index contributed by atoms with van der Waals surface area (Å²) in [5.41, 5.74) is -0.0246. The molecule has 5 nitrogen and oxygen atoms in total. The van der Waals surface area contributed by atoms with Gasteiger partial charge in [-0.25, -0.2) is 4.79 Å². The van der Waals surface area contributed by atoms with Gasteiger partial charge in [-0.3, -0.25) is 0 Å². The van der Waals surface area contributed by atoms with Crippen molar-refractivity contribution in [3.8, 4) is 0 Å². The molecule has 1 heterocycles. The summed E-state index contributed by atoms with van der Waals surface area (Å²) in [4.78, 5) is 10.7. The lowest BCUT2D eigenvalue weighted by Crippen LogP contribution is -2.32. The Labute approximate surface area is 113 Å². The molecule has 19 heavy (non-hydrogen) atoms. The number of carboxylic acids is 1. The van der Waals surface area contributed by atoms with Crippen LogP contribution in [0.25, 0.3) is 0 Å². The third kappa shape index (κ3) is 4.06. The molecular formula is C14H22N2O3. The van der Waals surface area contributed by atoms with Crippen LogP contribution in [0.15, 0.2) is 10.6 Å². The van der Waals surface area contributed by atoms with E-state index >= 15 is 0 Å². The van der Waals surface area contributed by atoms with Gasteiger partial charge < -0.3 is 14.9 Å². The average Bonchev–Trinajstić information content (AvgIpc) is 2.87. The second-order valence-electron chi connectivity index (χ2n) is 5.37. The molecule has 1 aromatic rings. The van der Waals surface area contributed by atoms with Gasteiger partial charge in [0.25, 0.3) is 0 Å². The molecule has 0 unspecified atom stereocenters. The minimum Gasteiger partial charge on any atom is -0.476 e. The summed E-state index contributed by atoms with van der Waals surface area (Å²) in [5.74, 6) is 0.440. The summed E-state index contributed by atoms with van der Waals surface area (Å²) in [5, 5.41) is 15.7. The molecule has 2 N–H and O–H groups in total. The average molecular weight is 266 g/mol. The van der Waals surface area contributed by atoms with E-state index in [1.165, 1.54) is 44.6 Å². The van der Waals surface area contributed by atoms with Gasteiger partial charge in [0.2, 0.25) is 0 Å². The molecule has 106 valence electrons. The summed E-state index contributed by atoms with van der Waals surface area (Å²) in [6, 6.07) is 2.00. The lowest BCUT2D eigenvalue weighted by Gasteiger charge is -2.28. The first kappa shape index (κ1) is 14.1. The minimum absolute atomic E-state index is 0.0246. The van der Waals surface area contributed by atoms with Crippen molar-refractivity contribution < 1.29 is 14.4 Å². The molecule has 0 saturated heterocycles. The summed E-state index contributed by atoms with van der Waals surface area (Å²) in [7, 11) is 0. The number of hydrogen-bond donors (Lipinski definition) is 2. The van der Waals surface area contributed by atoms with Gasteiger partial charge in [-0.15, -0.1) is 0 Å². The Hall–Kier alpha value is -1.36. The quantitative estimate of drug-likeness (QED) is 0.828. The highest BCUT2D eigenvalue weighted by Gasteiger charge is 2.20. The fourth-order valence-corrected chi connectivity index (χ4v) is 2.81. The summed E-state index contributed by atoms with van der Waals surface area (Å²) in [6.45, 7) is 2.80. The summed E-state index contributed by atoms with van der Waals surface area (Å²) < 4.78 is 4.98. The number of aromatic nitrogens is 1. The van der Waals surface area contributed by atoms with Crippen LogP contribution in [0.3, 0.4) is 0 Å². The molecular weight excluding hydrogens is 244 g/mol. The molecule has 0 radical (unpaired) electrons. The zero-order valence-electron chi connectivity index (χ0n) is 11.4. The van der Waals surface area contributed by atoms with Crippen LogP contribution in [0.2, 0.25) is 0 Å². The molecule has 0 spiro atoms. The van der Waals surface area contributed by atoms with Crippen LogP contribution in [0.4, 0.5) is 0 Å². The molecule has 1 aliphatic carbocycles. The SMILES string of the molecule is CCCC1CCC(NCc2cc(C(=O)O)no2)CC1. The van der Waals surface area contributed by atoms with E-state index in [0.717, 1.165) is 5.92 Å². The van der Waals surface area contributed by atoms with Gasteiger partial charge in [-0.2, -0.15) is 0 Å². The van der Waals surface area contributed by atoms with Crippen molar-refractivity contribution in [2.24, 2.45) is 5.92 Å². The van der Waals surface area contributed by atoms with Crippen LogP contribution >= 0.6 is 0 Å². The maximum atomic E-state index is 10.7. The van der Waals surface area contributed by atoms with Crippen LogP contribution in [-0.2, 0) is 6.54 Å². The maximum Gasteiger partial charge on any atom is 0.358 e. The molecule has 2 rings (SSSR count). The third-order valence-electron chi connectivity index (χ3n) is 3.89. The van der Waals surface area contributed by atoms with E-state index in [4.69, 9.17) is 9.63 Å². The zero-order chi connectivity index (χ0) is 13.7. The Morgan fingerprint density at radius 3 is 2.79 bits per heavy atom. The van der Waals surface area contributed by atoms with Crippen molar-refractivity contribution in [3.63, 3.8) is 0 Å². The zero-order valence-corrected chi connectivity index (χ0v) is 11.4. The van der Waals surface area contributed by atoms with E-state index in [9.17, 15) is 4.79 Å². The van der Waals surface area contributed by atoms with Crippen LogP contribution in [0, 0.1) is 5.92 Å². The standard InChI is InChI=1S/C14H22N2O3/c1-2-3-10-4-6-11(7-5-10)15-9-12-8-13(14(17)18)16-19-12/h8,10-11,15H,2-7,9H2,1H3,(H,17,18). The number of carbonyl (C=O) groups is 1. The van der Waals surface area contributed by atoms with Crippen molar-refractivity contribution in [3.05, 3.63) is 17.5 Å². The van der Waals surface area contributed by atoms with Gasteiger partial charge >= 0.3 is 5.97 Å². The summed E-state index contributed by atoms with van der Waals surface area (Å²) >= 11 is 0. The van der Waals surface area contributed by atoms with Crippen molar-refractivity contribution in [1.82, 2.24) is 10.5 Å². The molecule has 0 amide bonds. The number of nitrogens with zero attached hydrogens (tertiary/aromatic N) is 1. The maximum absolute atomic E-state index is 10.7. The van der Waals surface area contributed by atoms with Crippen molar-refractivity contribution >= 4 is 5.97 Å². The molecule has 1 fully saturated rings. The molecule has 1 aliphatic rings. The van der Waals surface area contributed by atoms with E-state index in [2.05, 4.69) is 17.4 Å². The Balaban J connectivity index is 1.72. The van der Waals surface area contributed by atoms with Gasteiger partial charge in [-0.1, -0.05) is 24.9 Å². The molecule has 1 saturated carbocycles. The molecule has 0 atom stereocenters. The fraction of sp³-hybridized carbons (Fsp3) is 0.714. The summed E-state index contributed by atoms with van der Waals surface area (Å²) in [6.07, 6.45) is 7.61. The van der Waals surface area contributed by atoms with Gasteiger partial charge in [-0.05, 0) is 31.6 Å². The molecule has 0 aliphatic heterocycles. The molecule has 0 aromatic carbocycles. The van der Waals surface area contributed by atoms with E-state index < -0.39 is 5.97 Å². The van der Waals surface area contributed by atoms with Gasteiger partial charge in [0.15, 0.2) is 11.5 Å². The van der Waals surface area contributed by atoms with Crippen LogP contribution < -0.4 is 5.32 Å². The number of aromatic carboxylic acids is 1. The third-order valence-corrected chi connectivity index (χ3v) is 3.89. The second-order valence-corrected chi connectivity index (χ2v) is 5.37. The molecule has 1 aromatic heterocycles. The first-order valence-corrected chi connectivity index (χ1v) is 7.11. The van der Waals surface area contributed by atoms with E-state index in [0.29, 0.717) is 18.3 Å².